The number of hydrogen-bond donors (Lipinski definition) is 1. The van der Waals surface area contributed by atoms with Crippen molar-refractivity contribution in [2.75, 3.05) is 12.4 Å². The number of nitrogens with one attached hydrogen (secondary N) is 1. The Labute approximate surface area is 117 Å². The number of nitrogens with zero attached hydrogens (tertiary/aromatic N) is 1. The average molecular weight is 272 g/mol. The van der Waals surface area contributed by atoms with Gasteiger partial charge in [-0.25, -0.2) is 0 Å². The molecule has 0 aromatic heterocycles. The lowest BCUT2D eigenvalue weighted by Gasteiger charge is -2.08. The highest BCUT2D eigenvalue weighted by Crippen LogP contribution is 2.23. The van der Waals surface area contributed by atoms with Crippen molar-refractivity contribution in [3.63, 3.8) is 0 Å². The fourth-order valence-corrected chi connectivity index (χ4v) is 1.90. The molecule has 0 amide bonds. The molecule has 5 nitrogen and oxygen atoms in total. The van der Waals surface area contributed by atoms with Gasteiger partial charge < -0.3 is 10.1 Å². The molecule has 0 spiro atoms. The molecule has 2 rings (SSSR count). The summed E-state index contributed by atoms with van der Waals surface area (Å²) in [5.41, 5.74) is 2.56. The van der Waals surface area contributed by atoms with Crippen LogP contribution >= 0.6 is 0 Å². The number of benzene rings is 2. The molecule has 20 heavy (non-hydrogen) atoms. The van der Waals surface area contributed by atoms with Gasteiger partial charge in [-0.05, 0) is 30.7 Å². The zero-order valence-corrected chi connectivity index (χ0v) is 11.4. The summed E-state index contributed by atoms with van der Waals surface area (Å²) in [6.45, 7) is 2.31. The predicted octanol–water partition coefficient (Wildman–Crippen LogP) is 3.52. The fraction of sp³-hybridized carbons (Fsp3) is 0.200. The molecule has 0 saturated carbocycles. The smallest absolute Gasteiger partial charge is 0.274 e. The Morgan fingerprint density at radius 2 is 2.05 bits per heavy atom. The minimum absolute atomic E-state index is 0.126. The summed E-state index contributed by atoms with van der Waals surface area (Å²) < 4.78 is 5.16. The van der Waals surface area contributed by atoms with Crippen LogP contribution in [0.1, 0.15) is 11.1 Å². The molecule has 0 saturated heterocycles. The van der Waals surface area contributed by atoms with E-state index in [1.54, 1.807) is 26.2 Å². The van der Waals surface area contributed by atoms with Gasteiger partial charge in [0.1, 0.15) is 5.75 Å². The molecule has 2 aromatic rings. The van der Waals surface area contributed by atoms with Gasteiger partial charge in [0.25, 0.3) is 5.69 Å². The summed E-state index contributed by atoms with van der Waals surface area (Å²) >= 11 is 0. The number of methoxy groups -OCH3 is 1. The van der Waals surface area contributed by atoms with Crippen molar-refractivity contribution in [3.05, 3.63) is 63.7 Å². The molecule has 0 bridgehead atoms. The number of ether oxygens (including phenoxy) is 1. The number of nitro benzene ring substituents is 1. The molecular formula is C15H16N2O3. The summed E-state index contributed by atoms with van der Waals surface area (Å²) in [6, 6.07) is 12.8. The van der Waals surface area contributed by atoms with Crippen LogP contribution in [0.2, 0.25) is 0 Å². The van der Waals surface area contributed by atoms with E-state index in [1.165, 1.54) is 0 Å². The van der Waals surface area contributed by atoms with Crippen LogP contribution in [0.3, 0.4) is 0 Å². The van der Waals surface area contributed by atoms with Crippen LogP contribution in [0.25, 0.3) is 0 Å². The normalized spacial score (nSPS) is 10.1. The van der Waals surface area contributed by atoms with Gasteiger partial charge in [0, 0.05) is 23.9 Å². The molecule has 2 aromatic carbocycles. The number of hydrogen-bond acceptors (Lipinski definition) is 4. The Bertz CT molecular complexity index is 626. The van der Waals surface area contributed by atoms with Crippen molar-refractivity contribution in [2.45, 2.75) is 13.5 Å². The molecule has 104 valence electrons. The Kier molecular flexibility index (Phi) is 4.20. The lowest BCUT2D eigenvalue weighted by molar-refractivity contribution is -0.385. The minimum Gasteiger partial charge on any atom is -0.497 e. The van der Waals surface area contributed by atoms with E-state index in [-0.39, 0.29) is 10.6 Å². The topological polar surface area (TPSA) is 64.4 Å². The molecule has 0 heterocycles. The molecule has 0 aliphatic rings. The second-order valence-electron chi connectivity index (χ2n) is 4.46. The van der Waals surface area contributed by atoms with Crippen LogP contribution in [-0.4, -0.2) is 12.0 Å². The summed E-state index contributed by atoms with van der Waals surface area (Å²) in [7, 11) is 1.62. The van der Waals surface area contributed by atoms with Gasteiger partial charge in [0.05, 0.1) is 12.0 Å². The van der Waals surface area contributed by atoms with E-state index in [2.05, 4.69) is 5.32 Å². The maximum absolute atomic E-state index is 10.9. The third-order valence-corrected chi connectivity index (χ3v) is 3.04. The average Bonchev–Trinajstić information content (AvgIpc) is 2.46. The van der Waals surface area contributed by atoms with Crippen LogP contribution in [0.5, 0.6) is 5.75 Å². The first-order valence-electron chi connectivity index (χ1n) is 6.22. The molecule has 0 fully saturated rings. The number of rotatable bonds is 5. The fourth-order valence-electron chi connectivity index (χ4n) is 1.90. The Hall–Kier alpha value is -2.56. The van der Waals surface area contributed by atoms with Crippen molar-refractivity contribution in [1.29, 1.82) is 0 Å². The van der Waals surface area contributed by atoms with Gasteiger partial charge >= 0.3 is 0 Å². The van der Waals surface area contributed by atoms with E-state index < -0.39 is 0 Å². The summed E-state index contributed by atoms with van der Waals surface area (Å²) in [5, 5.41) is 14.1. The van der Waals surface area contributed by atoms with Crippen molar-refractivity contribution in [3.8, 4) is 5.75 Å². The standard InChI is InChI=1S/C15H16N2O3/c1-11-6-7-13(9-15(11)17(18)19)16-10-12-4-3-5-14(8-12)20-2/h3-9,16H,10H2,1-2H3. The number of nitro groups is 1. The second kappa shape index (κ2) is 6.06. The van der Waals surface area contributed by atoms with E-state index in [0.717, 1.165) is 17.0 Å². The van der Waals surface area contributed by atoms with Crippen LogP contribution in [0.4, 0.5) is 11.4 Å². The first kappa shape index (κ1) is 13.9. The first-order chi connectivity index (χ1) is 9.60. The zero-order valence-electron chi connectivity index (χ0n) is 11.4. The molecular weight excluding hydrogens is 256 g/mol. The molecule has 0 unspecified atom stereocenters. The summed E-state index contributed by atoms with van der Waals surface area (Å²) in [5.74, 6) is 0.791. The van der Waals surface area contributed by atoms with Crippen LogP contribution < -0.4 is 10.1 Å². The van der Waals surface area contributed by atoms with Gasteiger partial charge in [-0.1, -0.05) is 18.2 Å². The molecule has 0 radical (unpaired) electrons. The maximum Gasteiger partial charge on any atom is 0.274 e. The van der Waals surface area contributed by atoms with Crippen molar-refractivity contribution >= 4 is 11.4 Å². The van der Waals surface area contributed by atoms with Gasteiger partial charge in [0.2, 0.25) is 0 Å². The van der Waals surface area contributed by atoms with Gasteiger partial charge in [-0.2, -0.15) is 0 Å². The lowest BCUT2D eigenvalue weighted by atomic mass is 10.1. The van der Waals surface area contributed by atoms with Gasteiger partial charge in [-0.15, -0.1) is 0 Å². The van der Waals surface area contributed by atoms with Gasteiger partial charge in [-0.3, -0.25) is 10.1 Å². The Morgan fingerprint density at radius 3 is 2.75 bits per heavy atom. The highest BCUT2D eigenvalue weighted by Gasteiger charge is 2.10. The molecule has 0 atom stereocenters. The van der Waals surface area contributed by atoms with E-state index in [9.17, 15) is 10.1 Å². The molecule has 0 aliphatic heterocycles. The molecule has 5 heteroatoms. The predicted molar refractivity (Wildman–Crippen MR) is 78.2 cm³/mol. The zero-order chi connectivity index (χ0) is 14.5. The van der Waals surface area contributed by atoms with E-state index in [1.807, 2.05) is 30.3 Å². The third kappa shape index (κ3) is 3.26. The van der Waals surface area contributed by atoms with Crippen LogP contribution in [0.15, 0.2) is 42.5 Å². The monoisotopic (exact) mass is 272 g/mol. The third-order valence-electron chi connectivity index (χ3n) is 3.04. The molecule has 1 N–H and O–H groups in total. The first-order valence-corrected chi connectivity index (χ1v) is 6.22. The van der Waals surface area contributed by atoms with Crippen molar-refractivity contribution < 1.29 is 9.66 Å². The van der Waals surface area contributed by atoms with Crippen LogP contribution in [-0.2, 0) is 6.54 Å². The lowest BCUT2D eigenvalue weighted by Crippen LogP contribution is -2.01. The SMILES string of the molecule is COc1cccc(CNc2ccc(C)c([N+](=O)[O-])c2)c1. The number of anilines is 1. The second-order valence-corrected chi connectivity index (χ2v) is 4.46. The number of aryl methyl sites for hydroxylation is 1. The maximum atomic E-state index is 10.9. The summed E-state index contributed by atoms with van der Waals surface area (Å²) in [4.78, 5) is 10.5. The highest BCUT2D eigenvalue weighted by atomic mass is 16.6. The van der Waals surface area contributed by atoms with Crippen LogP contribution in [0, 0.1) is 17.0 Å². The molecule has 0 aliphatic carbocycles. The van der Waals surface area contributed by atoms with Crippen molar-refractivity contribution in [2.24, 2.45) is 0 Å². The Morgan fingerprint density at radius 1 is 1.25 bits per heavy atom. The van der Waals surface area contributed by atoms with E-state index in [4.69, 9.17) is 4.74 Å². The van der Waals surface area contributed by atoms with E-state index >= 15 is 0 Å². The highest BCUT2D eigenvalue weighted by molar-refractivity contribution is 5.55. The van der Waals surface area contributed by atoms with Gasteiger partial charge in [0.15, 0.2) is 0 Å². The quantitative estimate of drug-likeness (QED) is 0.668. The van der Waals surface area contributed by atoms with Crippen molar-refractivity contribution in [1.82, 2.24) is 0 Å². The largest absolute Gasteiger partial charge is 0.497 e. The van der Waals surface area contributed by atoms with E-state index in [0.29, 0.717) is 12.1 Å². The summed E-state index contributed by atoms with van der Waals surface area (Å²) in [6.07, 6.45) is 0. The Balaban J connectivity index is 2.10. The minimum atomic E-state index is -0.369.